The van der Waals surface area contributed by atoms with Crippen molar-refractivity contribution in [1.29, 1.82) is 0 Å². The van der Waals surface area contributed by atoms with Crippen molar-refractivity contribution < 1.29 is 9.53 Å². The van der Waals surface area contributed by atoms with E-state index in [1.54, 1.807) is 0 Å². The minimum absolute atomic E-state index is 0.0705. The Kier molecular flexibility index (Phi) is 6.05. The molecule has 1 aromatic carbocycles. The summed E-state index contributed by atoms with van der Waals surface area (Å²) < 4.78 is 5.29. The van der Waals surface area contributed by atoms with Crippen LogP contribution < -0.4 is 10.2 Å². The highest BCUT2D eigenvalue weighted by Gasteiger charge is 2.10. The minimum atomic E-state index is -0.105. The second kappa shape index (κ2) is 8.03. The van der Waals surface area contributed by atoms with Gasteiger partial charge < -0.3 is 15.0 Å². The van der Waals surface area contributed by atoms with Gasteiger partial charge in [-0.25, -0.2) is 0 Å². The standard InChI is InChI=1S/C17H26N2O2/c1-14(2)21-13-17(20)18-15-7-9-16(10-8-15)19-11-5-3-4-6-12-19/h7-10,14H,3-6,11-13H2,1-2H3,(H,18,20). The first-order valence-electron chi connectivity index (χ1n) is 7.91. The van der Waals surface area contributed by atoms with Gasteiger partial charge in [0.25, 0.3) is 0 Å². The highest BCUT2D eigenvalue weighted by Crippen LogP contribution is 2.21. The lowest BCUT2D eigenvalue weighted by molar-refractivity contribution is -0.121. The van der Waals surface area contributed by atoms with Crippen molar-refractivity contribution in [2.45, 2.75) is 45.6 Å². The van der Waals surface area contributed by atoms with E-state index in [-0.39, 0.29) is 18.6 Å². The summed E-state index contributed by atoms with van der Waals surface area (Å²) in [4.78, 5) is 14.1. The molecule has 1 saturated heterocycles. The Balaban J connectivity index is 1.87. The molecule has 0 aromatic heterocycles. The zero-order valence-corrected chi connectivity index (χ0v) is 13.1. The van der Waals surface area contributed by atoms with E-state index in [0.29, 0.717) is 0 Å². The first-order chi connectivity index (χ1) is 10.1. The lowest BCUT2D eigenvalue weighted by Crippen LogP contribution is -2.24. The summed E-state index contributed by atoms with van der Waals surface area (Å²) in [6.07, 6.45) is 5.28. The van der Waals surface area contributed by atoms with Crippen LogP contribution in [-0.2, 0) is 9.53 Å². The lowest BCUT2D eigenvalue weighted by atomic mass is 10.2. The lowest BCUT2D eigenvalue weighted by Gasteiger charge is -2.22. The normalized spacial score (nSPS) is 15.9. The van der Waals surface area contributed by atoms with Crippen LogP contribution in [0.3, 0.4) is 0 Å². The summed E-state index contributed by atoms with van der Waals surface area (Å²) in [5.74, 6) is -0.105. The molecule has 0 atom stereocenters. The third-order valence-electron chi connectivity index (χ3n) is 3.67. The zero-order chi connectivity index (χ0) is 15.1. The quantitative estimate of drug-likeness (QED) is 0.903. The number of nitrogens with one attached hydrogen (secondary N) is 1. The van der Waals surface area contributed by atoms with Crippen LogP contribution in [0.2, 0.25) is 0 Å². The second-order valence-electron chi connectivity index (χ2n) is 5.86. The summed E-state index contributed by atoms with van der Waals surface area (Å²) in [6.45, 7) is 6.21. The number of nitrogens with zero attached hydrogens (tertiary/aromatic N) is 1. The van der Waals surface area contributed by atoms with Gasteiger partial charge in [0.15, 0.2) is 0 Å². The fourth-order valence-corrected chi connectivity index (χ4v) is 2.52. The number of rotatable bonds is 5. The highest BCUT2D eigenvalue weighted by atomic mass is 16.5. The third-order valence-corrected chi connectivity index (χ3v) is 3.67. The predicted octanol–water partition coefficient (Wildman–Crippen LogP) is 3.43. The van der Waals surface area contributed by atoms with Gasteiger partial charge in [-0.2, -0.15) is 0 Å². The molecule has 2 rings (SSSR count). The van der Waals surface area contributed by atoms with Crippen LogP contribution in [-0.4, -0.2) is 31.7 Å². The van der Waals surface area contributed by atoms with Crippen molar-refractivity contribution in [3.8, 4) is 0 Å². The van der Waals surface area contributed by atoms with E-state index in [1.807, 2.05) is 26.0 Å². The van der Waals surface area contributed by atoms with E-state index in [1.165, 1.54) is 31.4 Å². The number of anilines is 2. The smallest absolute Gasteiger partial charge is 0.250 e. The van der Waals surface area contributed by atoms with E-state index in [9.17, 15) is 4.79 Å². The Morgan fingerprint density at radius 1 is 1.14 bits per heavy atom. The Hall–Kier alpha value is -1.55. The van der Waals surface area contributed by atoms with Crippen LogP contribution in [0.1, 0.15) is 39.5 Å². The van der Waals surface area contributed by atoms with Crippen LogP contribution in [0.4, 0.5) is 11.4 Å². The van der Waals surface area contributed by atoms with Crippen LogP contribution in [0.15, 0.2) is 24.3 Å². The van der Waals surface area contributed by atoms with Gasteiger partial charge in [-0.1, -0.05) is 12.8 Å². The Morgan fingerprint density at radius 2 is 1.76 bits per heavy atom. The van der Waals surface area contributed by atoms with Crippen LogP contribution in [0, 0.1) is 0 Å². The van der Waals surface area contributed by atoms with Crippen LogP contribution in [0.5, 0.6) is 0 Å². The van der Waals surface area contributed by atoms with E-state index in [4.69, 9.17) is 4.74 Å². The number of benzene rings is 1. The van der Waals surface area contributed by atoms with E-state index >= 15 is 0 Å². The van der Waals surface area contributed by atoms with Crippen molar-refractivity contribution in [3.05, 3.63) is 24.3 Å². The van der Waals surface area contributed by atoms with Gasteiger partial charge in [-0.05, 0) is 51.0 Å². The first-order valence-corrected chi connectivity index (χ1v) is 7.91. The molecule has 1 fully saturated rings. The van der Waals surface area contributed by atoms with Crippen molar-refractivity contribution >= 4 is 17.3 Å². The number of amides is 1. The average Bonchev–Trinajstić information content (AvgIpc) is 2.75. The second-order valence-corrected chi connectivity index (χ2v) is 5.86. The highest BCUT2D eigenvalue weighted by molar-refractivity contribution is 5.91. The summed E-state index contributed by atoms with van der Waals surface area (Å²) in [5, 5.41) is 2.86. The molecular formula is C17H26N2O2. The molecule has 0 saturated carbocycles. The summed E-state index contributed by atoms with van der Waals surface area (Å²) in [7, 11) is 0. The zero-order valence-electron chi connectivity index (χ0n) is 13.1. The molecule has 4 nitrogen and oxygen atoms in total. The molecular weight excluding hydrogens is 264 g/mol. The molecule has 116 valence electrons. The number of carbonyl (C=O) groups excluding carboxylic acids is 1. The van der Waals surface area contributed by atoms with E-state index in [0.717, 1.165) is 18.8 Å². The van der Waals surface area contributed by atoms with Crippen LogP contribution in [0.25, 0.3) is 0 Å². The van der Waals surface area contributed by atoms with Crippen molar-refractivity contribution in [3.63, 3.8) is 0 Å². The van der Waals surface area contributed by atoms with Gasteiger partial charge in [0, 0.05) is 24.5 Å². The molecule has 1 aliphatic heterocycles. The molecule has 0 aliphatic carbocycles. The van der Waals surface area contributed by atoms with Gasteiger partial charge in [0.2, 0.25) is 5.91 Å². The molecule has 0 radical (unpaired) electrons. The maximum Gasteiger partial charge on any atom is 0.250 e. The topological polar surface area (TPSA) is 41.6 Å². The number of carbonyl (C=O) groups is 1. The fraction of sp³-hybridized carbons (Fsp3) is 0.588. The van der Waals surface area contributed by atoms with Crippen molar-refractivity contribution in [2.24, 2.45) is 0 Å². The summed E-state index contributed by atoms with van der Waals surface area (Å²) >= 11 is 0. The molecule has 0 bridgehead atoms. The van der Waals surface area contributed by atoms with Crippen LogP contribution >= 0.6 is 0 Å². The Morgan fingerprint density at radius 3 is 2.33 bits per heavy atom. The Labute approximate surface area is 127 Å². The summed E-state index contributed by atoms with van der Waals surface area (Å²) in [6, 6.07) is 8.11. The maximum absolute atomic E-state index is 11.7. The Bertz CT molecular complexity index is 435. The molecule has 1 aliphatic rings. The van der Waals surface area contributed by atoms with Gasteiger partial charge in [0.05, 0.1) is 6.10 Å². The van der Waals surface area contributed by atoms with Gasteiger partial charge in [-0.15, -0.1) is 0 Å². The predicted molar refractivity (Wildman–Crippen MR) is 86.8 cm³/mol. The molecule has 1 heterocycles. The minimum Gasteiger partial charge on any atom is -0.372 e. The number of ether oxygens (including phenoxy) is 1. The van der Waals surface area contributed by atoms with Crippen molar-refractivity contribution in [2.75, 3.05) is 29.9 Å². The molecule has 1 N–H and O–H groups in total. The largest absolute Gasteiger partial charge is 0.372 e. The SMILES string of the molecule is CC(C)OCC(=O)Nc1ccc(N2CCCCCC2)cc1. The van der Waals surface area contributed by atoms with Gasteiger partial charge in [0.1, 0.15) is 6.61 Å². The number of hydrogen-bond donors (Lipinski definition) is 1. The summed E-state index contributed by atoms with van der Waals surface area (Å²) in [5.41, 5.74) is 2.07. The maximum atomic E-state index is 11.7. The van der Waals surface area contributed by atoms with E-state index < -0.39 is 0 Å². The molecule has 4 heteroatoms. The monoisotopic (exact) mass is 290 g/mol. The van der Waals surface area contributed by atoms with Gasteiger partial charge in [-0.3, -0.25) is 4.79 Å². The fourth-order valence-electron chi connectivity index (χ4n) is 2.52. The molecule has 1 amide bonds. The van der Waals surface area contributed by atoms with E-state index in [2.05, 4.69) is 22.3 Å². The average molecular weight is 290 g/mol. The van der Waals surface area contributed by atoms with Crippen molar-refractivity contribution in [1.82, 2.24) is 0 Å². The molecule has 0 spiro atoms. The number of hydrogen-bond acceptors (Lipinski definition) is 3. The molecule has 1 aromatic rings. The third kappa shape index (κ3) is 5.38. The molecule has 0 unspecified atom stereocenters. The molecule has 21 heavy (non-hydrogen) atoms. The first kappa shape index (κ1) is 15.8. The van der Waals surface area contributed by atoms with Gasteiger partial charge >= 0.3 is 0 Å².